The Morgan fingerprint density at radius 2 is 1.76 bits per heavy atom. The summed E-state index contributed by atoms with van der Waals surface area (Å²) in [5, 5.41) is 2.83. The van der Waals surface area contributed by atoms with Gasteiger partial charge in [-0.05, 0) is 48.4 Å². The van der Waals surface area contributed by atoms with Crippen molar-refractivity contribution >= 4 is 11.6 Å². The van der Waals surface area contributed by atoms with Crippen molar-refractivity contribution in [3.8, 4) is 5.75 Å². The zero-order valence-electron chi connectivity index (χ0n) is 20.8. The standard InChI is InChI=1S/C29H29F4N3O2/c30-25-9-5-4-6-20(25)18-34-28(37)24-17-21-16-22(29(31,32)33)10-11-26(21)36-13-12-35(19-27(24)36)14-15-38-23-7-2-1-3-8-23/h1-11,16,24,27H,12-15,17-19H2,(H,34,37). The Morgan fingerprint density at radius 1 is 1.00 bits per heavy atom. The van der Waals surface area contributed by atoms with E-state index in [1.54, 1.807) is 18.2 Å². The minimum Gasteiger partial charge on any atom is -0.492 e. The zero-order valence-corrected chi connectivity index (χ0v) is 20.8. The average molecular weight is 528 g/mol. The van der Waals surface area contributed by atoms with Crippen LogP contribution in [0.15, 0.2) is 72.8 Å². The Kier molecular flexibility index (Phi) is 7.56. The highest BCUT2D eigenvalue weighted by atomic mass is 19.4. The molecule has 9 heteroatoms. The van der Waals surface area contributed by atoms with Gasteiger partial charge in [0.1, 0.15) is 18.2 Å². The SMILES string of the molecule is O=C(NCc1ccccc1F)C1Cc2cc(C(F)(F)F)ccc2N2CCN(CCOc3ccccc3)CC12. The molecule has 2 atom stereocenters. The molecule has 2 heterocycles. The smallest absolute Gasteiger partial charge is 0.416 e. The molecule has 200 valence electrons. The van der Waals surface area contributed by atoms with Crippen LogP contribution in [0.4, 0.5) is 23.2 Å². The molecule has 1 saturated heterocycles. The number of hydrogen-bond acceptors (Lipinski definition) is 4. The van der Waals surface area contributed by atoms with Gasteiger partial charge in [0.05, 0.1) is 17.5 Å². The lowest BCUT2D eigenvalue weighted by Gasteiger charge is -2.49. The molecule has 1 fully saturated rings. The number of carbonyl (C=O) groups excluding carboxylic acids is 1. The lowest BCUT2D eigenvalue weighted by molar-refractivity contribution is -0.137. The summed E-state index contributed by atoms with van der Waals surface area (Å²) in [6.45, 7) is 2.98. The van der Waals surface area contributed by atoms with Gasteiger partial charge in [-0.25, -0.2) is 4.39 Å². The van der Waals surface area contributed by atoms with Gasteiger partial charge >= 0.3 is 6.18 Å². The number of carbonyl (C=O) groups is 1. The molecule has 0 bridgehead atoms. The van der Waals surface area contributed by atoms with Gasteiger partial charge in [0, 0.05) is 44.0 Å². The van der Waals surface area contributed by atoms with Gasteiger partial charge in [0.15, 0.2) is 0 Å². The highest BCUT2D eigenvalue weighted by molar-refractivity contribution is 5.82. The van der Waals surface area contributed by atoms with Crippen LogP contribution < -0.4 is 15.0 Å². The first-order valence-corrected chi connectivity index (χ1v) is 12.7. The van der Waals surface area contributed by atoms with E-state index in [4.69, 9.17) is 4.74 Å². The maximum absolute atomic E-state index is 14.1. The fourth-order valence-corrected chi connectivity index (χ4v) is 5.33. The molecule has 0 aromatic heterocycles. The van der Waals surface area contributed by atoms with E-state index in [2.05, 4.69) is 15.1 Å². The topological polar surface area (TPSA) is 44.8 Å². The van der Waals surface area contributed by atoms with Gasteiger partial charge in [-0.15, -0.1) is 0 Å². The average Bonchev–Trinajstić information content (AvgIpc) is 2.91. The van der Waals surface area contributed by atoms with Crippen LogP contribution in [0.3, 0.4) is 0 Å². The predicted molar refractivity (Wildman–Crippen MR) is 136 cm³/mol. The summed E-state index contributed by atoms with van der Waals surface area (Å²) in [6.07, 6.45) is -4.29. The Morgan fingerprint density at radius 3 is 2.53 bits per heavy atom. The van der Waals surface area contributed by atoms with E-state index in [1.165, 1.54) is 12.1 Å². The summed E-state index contributed by atoms with van der Waals surface area (Å²) in [5.41, 5.74) is 0.873. The third-order valence-corrected chi connectivity index (χ3v) is 7.29. The number of nitrogens with zero attached hydrogens (tertiary/aromatic N) is 2. The first-order valence-electron chi connectivity index (χ1n) is 12.7. The molecule has 1 amide bonds. The third kappa shape index (κ3) is 5.78. The van der Waals surface area contributed by atoms with E-state index in [-0.39, 0.29) is 24.9 Å². The molecule has 38 heavy (non-hydrogen) atoms. The summed E-state index contributed by atoms with van der Waals surface area (Å²) in [5.74, 6) is -0.520. The lowest BCUT2D eigenvalue weighted by Crippen LogP contribution is -2.61. The number of anilines is 1. The number of halogens is 4. The molecule has 5 rings (SSSR count). The van der Waals surface area contributed by atoms with Crippen LogP contribution in [0.1, 0.15) is 16.7 Å². The number of benzene rings is 3. The van der Waals surface area contributed by atoms with Crippen molar-refractivity contribution in [1.82, 2.24) is 10.2 Å². The number of para-hydroxylation sites is 1. The Balaban J connectivity index is 1.33. The van der Waals surface area contributed by atoms with Crippen LogP contribution in [-0.4, -0.2) is 49.6 Å². The summed E-state index contributed by atoms with van der Waals surface area (Å²) in [6, 6.07) is 19.3. The van der Waals surface area contributed by atoms with Gasteiger partial charge in [-0.1, -0.05) is 36.4 Å². The van der Waals surface area contributed by atoms with E-state index in [0.717, 1.165) is 23.6 Å². The molecule has 3 aromatic rings. The lowest BCUT2D eigenvalue weighted by atomic mass is 9.82. The third-order valence-electron chi connectivity index (χ3n) is 7.29. The molecule has 2 aliphatic heterocycles. The maximum Gasteiger partial charge on any atom is 0.416 e. The summed E-state index contributed by atoms with van der Waals surface area (Å²) in [7, 11) is 0. The molecule has 1 N–H and O–H groups in total. The van der Waals surface area contributed by atoms with Crippen molar-refractivity contribution in [2.45, 2.75) is 25.2 Å². The van der Waals surface area contributed by atoms with Crippen LogP contribution in [0, 0.1) is 11.7 Å². The van der Waals surface area contributed by atoms with E-state index in [1.807, 2.05) is 30.3 Å². The number of fused-ring (bicyclic) bond motifs is 3. The van der Waals surface area contributed by atoms with Crippen molar-refractivity contribution in [3.05, 3.63) is 95.3 Å². The molecule has 2 aliphatic rings. The van der Waals surface area contributed by atoms with Crippen LogP contribution in [-0.2, 0) is 23.9 Å². The van der Waals surface area contributed by atoms with E-state index in [0.29, 0.717) is 43.9 Å². The molecule has 0 spiro atoms. The minimum absolute atomic E-state index is 0.0127. The van der Waals surface area contributed by atoms with Gasteiger partial charge in [0.25, 0.3) is 0 Å². The zero-order chi connectivity index (χ0) is 26.7. The van der Waals surface area contributed by atoms with E-state index in [9.17, 15) is 22.4 Å². The van der Waals surface area contributed by atoms with E-state index < -0.39 is 23.5 Å². The fourth-order valence-electron chi connectivity index (χ4n) is 5.33. The van der Waals surface area contributed by atoms with Crippen molar-refractivity contribution < 1.29 is 27.1 Å². The van der Waals surface area contributed by atoms with Crippen molar-refractivity contribution in [1.29, 1.82) is 0 Å². The highest BCUT2D eigenvalue weighted by Crippen LogP contribution is 2.39. The second-order valence-corrected chi connectivity index (χ2v) is 9.68. The predicted octanol–water partition coefficient (Wildman–Crippen LogP) is 4.90. The first-order chi connectivity index (χ1) is 18.3. The van der Waals surface area contributed by atoms with Crippen molar-refractivity contribution in [2.75, 3.05) is 37.7 Å². The van der Waals surface area contributed by atoms with Crippen molar-refractivity contribution in [2.24, 2.45) is 5.92 Å². The second-order valence-electron chi connectivity index (χ2n) is 9.68. The first kappa shape index (κ1) is 26.0. The summed E-state index contributed by atoms with van der Waals surface area (Å²) < 4.78 is 60.3. The number of ether oxygens (including phenoxy) is 1. The molecule has 2 unspecified atom stereocenters. The highest BCUT2D eigenvalue weighted by Gasteiger charge is 2.42. The maximum atomic E-state index is 14.1. The Hall–Kier alpha value is -3.59. The van der Waals surface area contributed by atoms with Crippen LogP contribution in [0.2, 0.25) is 0 Å². The van der Waals surface area contributed by atoms with Gasteiger partial charge in [-0.3, -0.25) is 9.69 Å². The number of rotatable bonds is 7. The molecule has 3 aromatic carbocycles. The van der Waals surface area contributed by atoms with Gasteiger partial charge in [0.2, 0.25) is 5.91 Å². The molecule has 5 nitrogen and oxygen atoms in total. The Labute approximate surface area is 219 Å². The van der Waals surface area contributed by atoms with Gasteiger partial charge < -0.3 is 15.0 Å². The molecule has 0 aliphatic carbocycles. The quantitative estimate of drug-likeness (QED) is 0.444. The van der Waals surface area contributed by atoms with Crippen molar-refractivity contribution in [3.63, 3.8) is 0 Å². The number of nitrogens with one attached hydrogen (secondary N) is 1. The van der Waals surface area contributed by atoms with E-state index >= 15 is 0 Å². The largest absolute Gasteiger partial charge is 0.492 e. The normalized spacial score (nSPS) is 19.4. The molecule has 0 radical (unpaired) electrons. The summed E-state index contributed by atoms with van der Waals surface area (Å²) >= 11 is 0. The number of alkyl halides is 3. The number of piperazine rings is 1. The minimum atomic E-state index is -4.47. The molecular weight excluding hydrogens is 498 g/mol. The van der Waals surface area contributed by atoms with Crippen LogP contribution in [0.5, 0.6) is 5.75 Å². The summed E-state index contributed by atoms with van der Waals surface area (Å²) in [4.78, 5) is 17.7. The number of hydrogen-bond donors (Lipinski definition) is 1. The fraction of sp³-hybridized carbons (Fsp3) is 0.345. The van der Waals surface area contributed by atoms with Crippen LogP contribution >= 0.6 is 0 Å². The number of amides is 1. The Bertz CT molecular complexity index is 1270. The van der Waals surface area contributed by atoms with Crippen LogP contribution in [0.25, 0.3) is 0 Å². The van der Waals surface area contributed by atoms with Gasteiger partial charge in [-0.2, -0.15) is 13.2 Å². The second kappa shape index (κ2) is 11.0. The monoisotopic (exact) mass is 527 g/mol. The molecule has 0 saturated carbocycles. The molecular formula is C29H29F4N3O2.